The van der Waals surface area contributed by atoms with Crippen molar-refractivity contribution in [2.24, 2.45) is 0 Å². The number of benzene rings is 3. The summed E-state index contributed by atoms with van der Waals surface area (Å²) in [6.07, 6.45) is 7.50. The zero-order chi connectivity index (χ0) is 23.4. The van der Waals surface area contributed by atoms with Gasteiger partial charge < -0.3 is 0 Å². The second-order valence-electron chi connectivity index (χ2n) is 11.3. The fraction of sp³-hybridized carbons (Fsp3) is 0.303. The number of hydrogen-bond acceptors (Lipinski definition) is 0. The monoisotopic (exact) mass is 502 g/mol. The first-order valence-electron chi connectivity index (χ1n) is 13.0. The van der Waals surface area contributed by atoms with Gasteiger partial charge in [0.05, 0.1) is 0 Å². The molecule has 0 spiro atoms. The molecule has 2 unspecified atom stereocenters. The van der Waals surface area contributed by atoms with E-state index in [1.54, 1.807) is 32.8 Å². The van der Waals surface area contributed by atoms with Crippen LogP contribution in [0.4, 0.5) is 0 Å². The summed E-state index contributed by atoms with van der Waals surface area (Å²) < 4.78 is 0. The summed E-state index contributed by atoms with van der Waals surface area (Å²) in [5.74, 6) is 0.520. The molecule has 2 aliphatic rings. The number of fused-ring (bicyclic) bond motifs is 3. The molecule has 0 saturated heterocycles. The van der Waals surface area contributed by atoms with Crippen LogP contribution < -0.4 is 24.0 Å². The summed E-state index contributed by atoms with van der Waals surface area (Å²) in [7, 11) is -1.82. The number of rotatable bonds is 5. The normalized spacial score (nSPS) is 17.1. The van der Waals surface area contributed by atoms with Crippen LogP contribution >= 0.6 is 12.4 Å². The van der Waals surface area contributed by atoms with Gasteiger partial charge in [-0.05, 0) is 59.9 Å². The molecule has 4 aromatic carbocycles. The molecular formula is C33H36ClLiSi. The minimum atomic E-state index is -1.82. The maximum Gasteiger partial charge on any atom is 1.00 e. The van der Waals surface area contributed by atoms with Gasteiger partial charge in [0.2, 0.25) is 0 Å². The van der Waals surface area contributed by atoms with Gasteiger partial charge in [-0.25, -0.2) is 0 Å². The van der Waals surface area contributed by atoms with E-state index < -0.39 is 8.07 Å². The Balaban J connectivity index is 0.00000152. The molecule has 0 saturated carbocycles. The van der Waals surface area contributed by atoms with E-state index >= 15 is 0 Å². The molecule has 0 heterocycles. The molecule has 6 rings (SSSR count). The van der Waals surface area contributed by atoms with Gasteiger partial charge in [-0.2, -0.15) is 5.56 Å². The average Bonchev–Trinajstić information content (AvgIpc) is 3.55. The van der Waals surface area contributed by atoms with Gasteiger partial charge in [-0.1, -0.05) is 98.2 Å². The molecule has 0 aliphatic heterocycles. The van der Waals surface area contributed by atoms with Crippen molar-refractivity contribution >= 4 is 42.0 Å². The third kappa shape index (κ3) is 4.50. The molecule has 0 N–H and O–H groups in total. The summed E-state index contributed by atoms with van der Waals surface area (Å²) in [6, 6.07) is 28.0. The van der Waals surface area contributed by atoms with Crippen LogP contribution in [-0.4, -0.2) is 8.07 Å². The van der Waals surface area contributed by atoms with Gasteiger partial charge in [0.15, 0.2) is 0 Å². The predicted octanol–water partition coefficient (Wildman–Crippen LogP) is 5.47. The van der Waals surface area contributed by atoms with Crippen molar-refractivity contribution in [2.45, 2.75) is 64.1 Å². The molecule has 0 nitrogen and oxygen atoms in total. The van der Waals surface area contributed by atoms with Crippen molar-refractivity contribution in [3.8, 4) is 0 Å². The Morgan fingerprint density at radius 2 is 1.61 bits per heavy atom. The minimum absolute atomic E-state index is 0. The molecular weight excluding hydrogens is 467 g/mol. The second kappa shape index (κ2) is 10.5. The van der Waals surface area contributed by atoms with Crippen LogP contribution in [0.2, 0.25) is 13.1 Å². The van der Waals surface area contributed by atoms with Gasteiger partial charge in [0, 0.05) is 8.07 Å². The molecule has 36 heavy (non-hydrogen) atoms. The van der Waals surface area contributed by atoms with Gasteiger partial charge in [0.25, 0.3) is 0 Å². The fourth-order valence-corrected chi connectivity index (χ4v) is 10.2. The summed E-state index contributed by atoms with van der Waals surface area (Å²) in [5.41, 5.74) is 11.2. The Labute approximate surface area is 236 Å². The quantitative estimate of drug-likeness (QED) is 0.250. The van der Waals surface area contributed by atoms with Crippen LogP contribution in [0, 0.1) is 0 Å². The zero-order valence-electron chi connectivity index (χ0n) is 22.4. The van der Waals surface area contributed by atoms with Crippen LogP contribution in [0.3, 0.4) is 0 Å². The van der Waals surface area contributed by atoms with E-state index in [4.69, 9.17) is 0 Å². The Hall–Kier alpha value is -1.89. The number of aryl methyl sites for hydroxylation is 2. The molecule has 180 valence electrons. The molecule has 0 aromatic heterocycles. The Kier molecular flexibility index (Phi) is 7.90. The second-order valence-corrected chi connectivity index (χ2v) is 15.9. The van der Waals surface area contributed by atoms with Gasteiger partial charge in [0.1, 0.15) is 0 Å². The Bertz CT molecular complexity index is 1410. The van der Waals surface area contributed by atoms with E-state index in [2.05, 4.69) is 106 Å². The van der Waals surface area contributed by atoms with E-state index in [0.29, 0.717) is 11.5 Å². The molecule has 0 bridgehead atoms. The van der Waals surface area contributed by atoms with E-state index in [1.165, 1.54) is 41.3 Å². The smallest absolute Gasteiger partial charge is 0.153 e. The van der Waals surface area contributed by atoms with Crippen molar-refractivity contribution < 1.29 is 18.9 Å². The first kappa shape index (κ1) is 27.2. The van der Waals surface area contributed by atoms with Crippen molar-refractivity contribution in [1.82, 2.24) is 0 Å². The van der Waals surface area contributed by atoms with E-state index in [-0.39, 0.29) is 31.3 Å². The van der Waals surface area contributed by atoms with Crippen molar-refractivity contribution in [2.75, 3.05) is 0 Å². The zero-order valence-corrected chi connectivity index (χ0v) is 24.2. The fourth-order valence-electron chi connectivity index (χ4n) is 6.70. The van der Waals surface area contributed by atoms with Crippen molar-refractivity contribution in [3.05, 3.63) is 112 Å². The molecule has 0 amide bonds. The van der Waals surface area contributed by atoms with Gasteiger partial charge in [-0.15, -0.1) is 46.6 Å². The first-order chi connectivity index (χ1) is 16.4. The minimum Gasteiger partial charge on any atom is -0.153 e. The molecule has 0 fully saturated rings. The maximum absolute atomic E-state index is 2.63. The van der Waals surface area contributed by atoms with Gasteiger partial charge >= 0.3 is 18.9 Å². The van der Waals surface area contributed by atoms with Crippen LogP contribution in [0.5, 0.6) is 0 Å². The average molecular weight is 503 g/mol. The van der Waals surface area contributed by atoms with Crippen molar-refractivity contribution in [1.29, 1.82) is 0 Å². The largest absolute Gasteiger partial charge is 1.00 e. The molecule has 0 radical (unpaired) electrons. The predicted molar refractivity (Wildman–Crippen MR) is 157 cm³/mol. The topological polar surface area (TPSA) is 0 Å². The number of halogens is 1. The Morgan fingerprint density at radius 1 is 0.944 bits per heavy atom. The summed E-state index contributed by atoms with van der Waals surface area (Å²) >= 11 is 0. The first-order valence-corrected chi connectivity index (χ1v) is 16.1. The Morgan fingerprint density at radius 3 is 2.36 bits per heavy atom. The van der Waals surface area contributed by atoms with Crippen LogP contribution in [0.15, 0.2) is 78.9 Å². The van der Waals surface area contributed by atoms with Crippen LogP contribution in [0.25, 0.3) is 16.3 Å². The summed E-state index contributed by atoms with van der Waals surface area (Å²) in [5, 5.41) is 4.76. The van der Waals surface area contributed by atoms with E-state index in [0.717, 1.165) is 6.42 Å². The summed E-state index contributed by atoms with van der Waals surface area (Å²) in [6.45, 7) is 9.90. The van der Waals surface area contributed by atoms with E-state index in [1.807, 2.05) is 0 Å². The number of hydrogen-bond donors (Lipinski definition) is 0. The molecule has 2 aliphatic carbocycles. The van der Waals surface area contributed by atoms with Crippen LogP contribution in [0.1, 0.15) is 65.1 Å². The van der Waals surface area contributed by atoms with E-state index in [9.17, 15) is 0 Å². The summed E-state index contributed by atoms with van der Waals surface area (Å²) in [4.78, 5) is 0. The molecule has 2 atom stereocenters. The third-order valence-corrected chi connectivity index (χ3v) is 12.5. The maximum atomic E-state index is 2.63. The van der Waals surface area contributed by atoms with Crippen LogP contribution in [-0.2, 0) is 19.3 Å². The molecule has 4 aromatic rings. The molecule has 3 heteroatoms. The standard InChI is InChI=1S/C33H35Si.ClH.Li/c1-22(24-11-6-5-7-12-24)17-27-21-33(31-20-26-14-10-13-25(26)19-30(27)31)34(3,4)32-18-23(2)28-15-8-9-16-29(28)32;;/h5-9,11-12,15-16,18-22,32H,10,13-14,17H2,1-4H3;1H;/q-1;;+1. The number of allylic oxidation sites excluding steroid dienone is 2. The van der Waals surface area contributed by atoms with Crippen molar-refractivity contribution in [3.63, 3.8) is 0 Å². The third-order valence-electron chi connectivity index (χ3n) is 8.69. The SMILES string of the molecule is CC1=CC([Si](C)(C)[c-]2cc(CC(C)c3ccccc3)c3cc4c(cc32)CCC4)c2ccccc21.Cl.[Li+]. The van der Waals surface area contributed by atoms with Gasteiger partial charge in [-0.3, -0.25) is 0 Å².